The van der Waals surface area contributed by atoms with Gasteiger partial charge in [-0.05, 0) is 38.8 Å². The van der Waals surface area contributed by atoms with E-state index in [0.717, 1.165) is 18.4 Å². The molecule has 0 saturated carbocycles. The molecule has 2 rings (SSSR count). The first kappa shape index (κ1) is 19.0. The molecule has 0 atom stereocenters. The summed E-state index contributed by atoms with van der Waals surface area (Å²) in [5, 5.41) is 2.95. The molecular formula is C19H26N2O4. The van der Waals surface area contributed by atoms with Gasteiger partial charge < -0.3 is 19.7 Å². The smallest absolute Gasteiger partial charge is 0.258 e. The minimum Gasteiger partial charge on any atom is -0.484 e. The molecule has 136 valence electrons. The Morgan fingerprint density at radius 1 is 1.12 bits per heavy atom. The first-order chi connectivity index (χ1) is 11.9. The molecule has 1 N–H and O–H groups in total. The number of carbonyl (C=O) groups excluding carboxylic acids is 3. The fourth-order valence-corrected chi connectivity index (χ4v) is 2.77. The number of hydrogen-bond donors (Lipinski definition) is 1. The summed E-state index contributed by atoms with van der Waals surface area (Å²) in [5.41, 5.74) is 1.14. The second-order valence-electron chi connectivity index (χ2n) is 6.53. The fourth-order valence-electron chi connectivity index (χ4n) is 2.77. The molecule has 0 aliphatic carbocycles. The summed E-state index contributed by atoms with van der Waals surface area (Å²) in [4.78, 5) is 36.7. The number of likely N-dealkylation sites (tertiary alicyclic amines) is 1. The molecule has 2 amide bonds. The lowest BCUT2D eigenvalue weighted by Crippen LogP contribution is -2.47. The van der Waals surface area contributed by atoms with Crippen molar-refractivity contribution in [3.8, 4) is 5.75 Å². The quantitative estimate of drug-likeness (QED) is 0.817. The van der Waals surface area contributed by atoms with Crippen LogP contribution in [0.4, 0.5) is 0 Å². The van der Waals surface area contributed by atoms with E-state index in [9.17, 15) is 14.4 Å². The largest absolute Gasteiger partial charge is 0.484 e. The topological polar surface area (TPSA) is 75.7 Å². The van der Waals surface area contributed by atoms with Crippen molar-refractivity contribution < 1.29 is 19.1 Å². The molecule has 0 spiro atoms. The van der Waals surface area contributed by atoms with Gasteiger partial charge in [-0.15, -0.1) is 0 Å². The second kappa shape index (κ2) is 9.20. The lowest BCUT2D eigenvalue weighted by Gasteiger charge is -2.32. The summed E-state index contributed by atoms with van der Waals surface area (Å²) >= 11 is 0. The van der Waals surface area contributed by atoms with Crippen LogP contribution < -0.4 is 10.1 Å². The zero-order valence-electron chi connectivity index (χ0n) is 14.9. The Labute approximate surface area is 148 Å². The number of ether oxygens (including phenoxy) is 1. The van der Waals surface area contributed by atoms with E-state index in [4.69, 9.17) is 4.74 Å². The molecule has 1 aromatic carbocycles. The average molecular weight is 346 g/mol. The number of amides is 2. The highest BCUT2D eigenvalue weighted by atomic mass is 16.5. The Hall–Kier alpha value is -2.37. The van der Waals surface area contributed by atoms with Gasteiger partial charge in [0.15, 0.2) is 6.61 Å². The van der Waals surface area contributed by atoms with Crippen molar-refractivity contribution in [1.29, 1.82) is 0 Å². The van der Waals surface area contributed by atoms with Crippen LogP contribution in [-0.4, -0.2) is 48.2 Å². The summed E-state index contributed by atoms with van der Waals surface area (Å²) in [6.07, 6.45) is 2.02. The Bertz CT molecular complexity index is 604. The van der Waals surface area contributed by atoms with E-state index in [-0.39, 0.29) is 36.7 Å². The van der Waals surface area contributed by atoms with Crippen molar-refractivity contribution in [3.05, 3.63) is 29.8 Å². The molecule has 0 bridgehead atoms. The molecule has 1 saturated heterocycles. The van der Waals surface area contributed by atoms with E-state index in [2.05, 4.69) is 5.32 Å². The van der Waals surface area contributed by atoms with Crippen LogP contribution >= 0.6 is 0 Å². The van der Waals surface area contributed by atoms with Gasteiger partial charge in [0.05, 0.1) is 0 Å². The van der Waals surface area contributed by atoms with E-state index >= 15 is 0 Å². The van der Waals surface area contributed by atoms with Gasteiger partial charge >= 0.3 is 0 Å². The van der Waals surface area contributed by atoms with Crippen LogP contribution in [0.2, 0.25) is 0 Å². The summed E-state index contributed by atoms with van der Waals surface area (Å²) in [6.45, 7) is 4.70. The number of piperidine rings is 1. The maximum absolute atomic E-state index is 12.0. The van der Waals surface area contributed by atoms with Gasteiger partial charge in [0.2, 0.25) is 5.91 Å². The highest BCUT2D eigenvalue weighted by Crippen LogP contribution is 2.13. The average Bonchev–Trinajstić information content (AvgIpc) is 2.60. The summed E-state index contributed by atoms with van der Waals surface area (Å²) in [7, 11) is 0. The summed E-state index contributed by atoms with van der Waals surface area (Å²) in [6, 6.07) is 7.62. The van der Waals surface area contributed by atoms with Gasteiger partial charge in [-0.2, -0.15) is 0 Å². The third-order valence-electron chi connectivity index (χ3n) is 4.29. The van der Waals surface area contributed by atoms with Crippen molar-refractivity contribution in [1.82, 2.24) is 10.2 Å². The minimum absolute atomic E-state index is 0.0131. The van der Waals surface area contributed by atoms with Gasteiger partial charge in [0.25, 0.3) is 5.91 Å². The number of nitrogens with one attached hydrogen (secondary N) is 1. The molecule has 1 fully saturated rings. The van der Waals surface area contributed by atoms with E-state index in [1.807, 2.05) is 31.2 Å². The number of hydrogen-bond acceptors (Lipinski definition) is 4. The van der Waals surface area contributed by atoms with Gasteiger partial charge in [0.1, 0.15) is 11.5 Å². The molecule has 6 heteroatoms. The summed E-state index contributed by atoms with van der Waals surface area (Å²) < 4.78 is 5.47. The Balaban J connectivity index is 1.67. The second-order valence-corrected chi connectivity index (χ2v) is 6.53. The first-order valence-electron chi connectivity index (χ1n) is 8.70. The van der Waals surface area contributed by atoms with Crippen LogP contribution in [0.3, 0.4) is 0 Å². The van der Waals surface area contributed by atoms with Crippen molar-refractivity contribution >= 4 is 17.6 Å². The lowest BCUT2D eigenvalue weighted by molar-refractivity contribution is -0.134. The van der Waals surface area contributed by atoms with Crippen LogP contribution in [0, 0.1) is 6.92 Å². The highest BCUT2D eigenvalue weighted by molar-refractivity contribution is 5.83. The van der Waals surface area contributed by atoms with Gasteiger partial charge in [0, 0.05) is 32.0 Å². The normalized spacial score (nSPS) is 14.9. The number of rotatable bonds is 7. The maximum Gasteiger partial charge on any atom is 0.258 e. The summed E-state index contributed by atoms with van der Waals surface area (Å²) in [5.74, 6) is 0.570. The third-order valence-corrected chi connectivity index (χ3v) is 4.29. The molecule has 0 aromatic heterocycles. The molecule has 0 radical (unpaired) electrons. The zero-order valence-corrected chi connectivity index (χ0v) is 14.9. The van der Waals surface area contributed by atoms with Crippen LogP contribution in [0.15, 0.2) is 24.3 Å². The van der Waals surface area contributed by atoms with E-state index in [0.29, 0.717) is 25.3 Å². The standard InChI is InChI=1S/C19H26N2O4/c1-14-3-6-17(7-4-14)25-13-18(23)20-16-9-11-21(12-10-16)19(24)8-5-15(2)22/h3-4,6-7,16H,5,8-13H2,1-2H3,(H,20,23). The monoisotopic (exact) mass is 346 g/mol. The van der Waals surface area contributed by atoms with Crippen molar-refractivity contribution in [2.24, 2.45) is 0 Å². The molecule has 0 unspecified atom stereocenters. The number of benzene rings is 1. The van der Waals surface area contributed by atoms with E-state index in [1.165, 1.54) is 6.92 Å². The van der Waals surface area contributed by atoms with Crippen LogP contribution in [0.1, 0.15) is 38.2 Å². The van der Waals surface area contributed by atoms with E-state index in [1.54, 1.807) is 4.90 Å². The number of Topliss-reactive ketones (excluding diaryl/α,β-unsaturated/α-hetero) is 1. The third kappa shape index (κ3) is 6.57. The highest BCUT2D eigenvalue weighted by Gasteiger charge is 2.23. The SMILES string of the molecule is CC(=O)CCC(=O)N1CCC(NC(=O)COc2ccc(C)cc2)CC1. The lowest BCUT2D eigenvalue weighted by atomic mass is 10.0. The van der Waals surface area contributed by atoms with Gasteiger partial charge in [-0.1, -0.05) is 17.7 Å². The number of nitrogens with zero attached hydrogens (tertiary/aromatic N) is 1. The molecule has 6 nitrogen and oxygen atoms in total. The molecule has 1 aliphatic rings. The zero-order chi connectivity index (χ0) is 18.2. The van der Waals surface area contributed by atoms with E-state index < -0.39 is 0 Å². The van der Waals surface area contributed by atoms with Crippen LogP contribution in [-0.2, 0) is 14.4 Å². The van der Waals surface area contributed by atoms with Crippen LogP contribution in [0.5, 0.6) is 5.75 Å². The Morgan fingerprint density at radius 2 is 1.76 bits per heavy atom. The van der Waals surface area contributed by atoms with Crippen LogP contribution in [0.25, 0.3) is 0 Å². The molecule has 1 aliphatic heterocycles. The maximum atomic E-state index is 12.0. The minimum atomic E-state index is -0.151. The van der Waals surface area contributed by atoms with Crippen molar-refractivity contribution in [3.63, 3.8) is 0 Å². The number of carbonyl (C=O) groups is 3. The molecule has 25 heavy (non-hydrogen) atoms. The van der Waals surface area contributed by atoms with Crippen molar-refractivity contribution in [2.75, 3.05) is 19.7 Å². The first-order valence-corrected chi connectivity index (χ1v) is 8.70. The molecule has 1 aromatic rings. The number of aryl methyl sites for hydroxylation is 1. The fraction of sp³-hybridized carbons (Fsp3) is 0.526. The Morgan fingerprint density at radius 3 is 2.36 bits per heavy atom. The van der Waals surface area contributed by atoms with Gasteiger partial charge in [-0.25, -0.2) is 0 Å². The predicted molar refractivity (Wildman–Crippen MR) is 94.3 cm³/mol. The number of ketones is 1. The predicted octanol–water partition coefficient (Wildman–Crippen LogP) is 1.85. The van der Waals surface area contributed by atoms with Gasteiger partial charge in [-0.3, -0.25) is 9.59 Å². The molecule has 1 heterocycles. The van der Waals surface area contributed by atoms with Crippen molar-refractivity contribution in [2.45, 2.75) is 45.6 Å². The molecular weight excluding hydrogens is 320 g/mol. The Kier molecular flexibility index (Phi) is 6.98.